The van der Waals surface area contributed by atoms with Crippen LogP contribution in [-0.4, -0.2) is 23.6 Å². The predicted molar refractivity (Wildman–Crippen MR) is 95.5 cm³/mol. The van der Waals surface area contributed by atoms with E-state index in [1.165, 1.54) is 11.1 Å². The summed E-state index contributed by atoms with van der Waals surface area (Å²) in [4.78, 5) is 1.73. The van der Waals surface area contributed by atoms with Crippen LogP contribution in [0.3, 0.4) is 0 Å². The van der Waals surface area contributed by atoms with Crippen LogP contribution in [0.15, 0.2) is 54.6 Å². The third-order valence-electron chi connectivity index (χ3n) is 4.98. The van der Waals surface area contributed by atoms with Gasteiger partial charge in [0.05, 0.1) is 5.41 Å². The maximum absolute atomic E-state index is 8.76. The average Bonchev–Trinajstić information content (AvgIpc) is 2.55. The van der Waals surface area contributed by atoms with Crippen molar-refractivity contribution in [3.8, 4) is 0 Å². The fraction of sp³-hybridized carbons (Fsp3) is 0.300. The molecule has 0 spiro atoms. The molecule has 1 aliphatic rings. The Morgan fingerprint density at radius 1 is 0.957 bits per heavy atom. The Morgan fingerprint density at radius 2 is 1.57 bits per heavy atom. The third-order valence-corrected chi connectivity index (χ3v) is 4.98. The number of nitrogens with zero attached hydrogens (tertiary/aromatic N) is 1. The molecule has 0 heterocycles. The van der Waals surface area contributed by atoms with Crippen molar-refractivity contribution < 1.29 is 0 Å². The monoisotopic (exact) mass is 305 g/mol. The Kier molecular flexibility index (Phi) is 4.03. The molecule has 3 nitrogen and oxygen atoms in total. The van der Waals surface area contributed by atoms with Gasteiger partial charge in [0.25, 0.3) is 0 Å². The summed E-state index contributed by atoms with van der Waals surface area (Å²) < 4.78 is 0. The van der Waals surface area contributed by atoms with Gasteiger partial charge in [-0.05, 0) is 25.3 Å². The molecule has 0 unspecified atom stereocenters. The van der Waals surface area contributed by atoms with E-state index in [-0.39, 0.29) is 5.41 Å². The van der Waals surface area contributed by atoms with E-state index in [2.05, 4.69) is 31.2 Å². The van der Waals surface area contributed by atoms with Gasteiger partial charge in [0.1, 0.15) is 11.7 Å². The molecule has 0 saturated heterocycles. The highest BCUT2D eigenvalue weighted by Crippen LogP contribution is 2.45. The van der Waals surface area contributed by atoms with Crippen molar-refractivity contribution in [2.45, 2.75) is 31.6 Å². The second-order valence-electron chi connectivity index (χ2n) is 6.42. The molecule has 0 amide bonds. The summed E-state index contributed by atoms with van der Waals surface area (Å²) in [6, 6.07) is 18.2. The molecule has 0 aromatic heterocycles. The fourth-order valence-electron chi connectivity index (χ4n) is 3.29. The molecule has 3 rings (SSSR count). The van der Waals surface area contributed by atoms with E-state index in [4.69, 9.17) is 10.8 Å². The van der Waals surface area contributed by atoms with Gasteiger partial charge in [-0.15, -0.1) is 0 Å². The van der Waals surface area contributed by atoms with Gasteiger partial charge in [-0.1, -0.05) is 66.6 Å². The topological polar surface area (TPSA) is 50.9 Å². The van der Waals surface area contributed by atoms with E-state index < -0.39 is 0 Å². The zero-order chi connectivity index (χ0) is 16.4. The van der Waals surface area contributed by atoms with Crippen LogP contribution < -0.4 is 0 Å². The van der Waals surface area contributed by atoms with Crippen molar-refractivity contribution in [1.29, 1.82) is 10.8 Å². The van der Waals surface area contributed by atoms with Crippen molar-refractivity contribution in [1.82, 2.24) is 4.90 Å². The van der Waals surface area contributed by atoms with Crippen LogP contribution in [0.4, 0.5) is 0 Å². The fourth-order valence-corrected chi connectivity index (χ4v) is 3.29. The van der Waals surface area contributed by atoms with Crippen molar-refractivity contribution in [2.24, 2.45) is 0 Å². The number of benzene rings is 2. The van der Waals surface area contributed by atoms with E-state index in [1.54, 1.807) is 4.90 Å². The quantitative estimate of drug-likeness (QED) is 0.643. The number of hydrogen-bond donors (Lipinski definition) is 2. The van der Waals surface area contributed by atoms with Crippen molar-refractivity contribution in [3.05, 3.63) is 71.3 Å². The van der Waals surface area contributed by atoms with Gasteiger partial charge in [-0.25, -0.2) is 0 Å². The summed E-state index contributed by atoms with van der Waals surface area (Å²) in [7, 11) is 1.84. The van der Waals surface area contributed by atoms with Gasteiger partial charge in [-0.2, -0.15) is 0 Å². The Balaban J connectivity index is 1.88. The molecule has 0 aliphatic heterocycles. The minimum atomic E-state index is -0.233. The lowest BCUT2D eigenvalue weighted by Crippen LogP contribution is -2.51. The molecule has 0 radical (unpaired) electrons. The van der Waals surface area contributed by atoms with E-state index in [0.717, 1.165) is 24.8 Å². The lowest BCUT2D eigenvalue weighted by atomic mass is 9.63. The number of likely N-dealkylation sites (N-methyl/N-ethyl adjacent to an activating group) is 1. The molecule has 1 saturated carbocycles. The summed E-state index contributed by atoms with van der Waals surface area (Å²) in [5, 5.41) is 17.2. The Bertz CT molecular complexity index is 712. The number of hydrogen-bond acceptors (Lipinski definition) is 2. The maximum Gasteiger partial charge on any atom is 0.133 e. The summed E-state index contributed by atoms with van der Waals surface area (Å²) >= 11 is 0. The van der Waals surface area contributed by atoms with Crippen LogP contribution in [0.25, 0.3) is 0 Å². The third kappa shape index (κ3) is 2.67. The van der Waals surface area contributed by atoms with E-state index in [9.17, 15) is 0 Å². The molecule has 0 bridgehead atoms. The molecule has 2 aromatic carbocycles. The first kappa shape index (κ1) is 15.5. The van der Waals surface area contributed by atoms with E-state index in [0.29, 0.717) is 11.7 Å². The number of aryl methyl sites for hydroxylation is 1. The smallest absolute Gasteiger partial charge is 0.133 e. The molecule has 118 valence electrons. The second kappa shape index (κ2) is 5.99. The molecule has 0 atom stereocenters. The first-order valence-electron chi connectivity index (χ1n) is 8.08. The van der Waals surface area contributed by atoms with Crippen molar-refractivity contribution >= 4 is 11.7 Å². The van der Waals surface area contributed by atoms with Gasteiger partial charge in [0, 0.05) is 12.6 Å². The normalized spacial score (nSPS) is 15.6. The Morgan fingerprint density at radius 3 is 2.09 bits per heavy atom. The Labute approximate surface area is 138 Å². The number of nitrogens with one attached hydrogen (secondary N) is 2. The number of rotatable bonds is 3. The summed E-state index contributed by atoms with van der Waals surface area (Å²) in [6.45, 7) is 2.08. The molecule has 1 fully saturated rings. The van der Waals surface area contributed by atoms with Crippen LogP contribution in [0.2, 0.25) is 0 Å². The summed E-state index contributed by atoms with van der Waals surface area (Å²) in [5.41, 5.74) is 3.05. The van der Waals surface area contributed by atoms with Gasteiger partial charge in [0.15, 0.2) is 0 Å². The second-order valence-corrected chi connectivity index (χ2v) is 6.42. The van der Waals surface area contributed by atoms with Gasteiger partial charge in [0.2, 0.25) is 0 Å². The maximum atomic E-state index is 8.76. The molecule has 1 aliphatic carbocycles. The largest absolute Gasteiger partial charge is 0.317 e. The molecule has 2 aromatic rings. The lowest BCUT2D eigenvalue weighted by Gasteiger charge is -2.45. The first-order valence-corrected chi connectivity index (χ1v) is 8.08. The van der Waals surface area contributed by atoms with Crippen molar-refractivity contribution in [3.63, 3.8) is 0 Å². The minimum Gasteiger partial charge on any atom is -0.317 e. The Hall–Kier alpha value is -2.42. The molecule has 23 heavy (non-hydrogen) atoms. The van der Waals surface area contributed by atoms with E-state index in [1.807, 2.05) is 37.4 Å². The first-order chi connectivity index (χ1) is 11.0. The SMILES string of the molecule is Cc1ccc(C2(C(=N)N(C)C(=N)c3ccccc3)CCC2)cc1. The molecular formula is C20H23N3. The van der Waals surface area contributed by atoms with Gasteiger partial charge in [-0.3, -0.25) is 10.8 Å². The van der Waals surface area contributed by atoms with E-state index >= 15 is 0 Å². The molecule has 3 heteroatoms. The van der Waals surface area contributed by atoms with Gasteiger partial charge >= 0.3 is 0 Å². The summed E-state index contributed by atoms with van der Waals surface area (Å²) in [5.74, 6) is 0.912. The van der Waals surface area contributed by atoms with Crippen molar-refractivity contribution in [2.75, 3.05) is 7.05 Å². The van der Waals surface area contributed by atoms with Crippen LogP contribution in [0, 0.1) is 17.7 Å². The van der Waals surface area contributed by atoms with Crippen LogP contribution >= 0.6 is 0 Å². The average molecular weight is 305 g/mol. The van der Waals surface area contributed by atoms with Crippen LogP contribution in [0.1, 0.15) is 36.0 Å². The molecular weight excluding hydrogens is 282 g/mol. The number of amidine groups is 2. The van der Waals surface area contributed by atoms with Crippen LogP contribution in [0.5, 0.6) is 0 Å². The minimum absolute atomic E-state index is 0.233. The summed E-state index contributed by atoms with van der Waals surface area (Å²) in [6.07, 6.45) is 3.12. The predicted octanol–water partition coefficient (Wildman–Crippen LogP) is 4.35. The zero-order valence-corrected chi connectivity index (χ0v) is 13.8. The standard InChI is InChI=1S/C20H23N3/c1-15-9-11-17(12-10-15)20(13-6-14-20)19(22)23(2)18(21)16-7-4-3-5-8-16/h3-5,7-12,21-22H,6,13-14H2,1-2H3. The zero-order valence-electron chi connectivity index (χ0n) is 13.8. The highest BCUT2D eigenvalue weighted by Gasteiger charge is 2.44. The lowest BCUT2D eigenvalue weighted by molar-refractivity contribution is 0.319. The van der Waals surface area contributed by atoms with Crippen LogP contribution in [-0.2, 0) is 5.41 Å². The van der Waals surface area contributed by atoms with Gasteiger partial charge < -0.3 is 4.90 Å². The molecule has 2 N–H and O–H groups in total. The highest BCUT2D eigenvalue weighted by atomic mass is 15.2. The highest BCUT2D eigenvalue weighted by molar-refractivity contribution is 6.09.